The summed E-state index contributed by atoms with van der Waals surface area (Å²) >= 11 is 0. The van der Waals surface area contributed by atoms with Crippen molar-refractivity contribution in [2.75, 3.05) is 9.80 Å². The second kappa shape index (κ2) is 12.8. The van der Waals surface area contributed by atoms with Gasteiger partial charge in [-0.1, -0.05) is 103 Å². The lowest BCUT2D eigenvalue weighted by molar-refractivity contribution is 0.477. The first kappa shape index (κ1) is 32.4. The predicted octanol–water partition coefficient (Wildman–Crippen LogP) is 15.0. The lowest BCUT2D eigenvalue weighted by atomic mass is 9.86. The molecule has 0 fully saturated rings. The van der Waals surface area contributed by atoms with Gasteiger partial charge in [0.25, 0.3) is 0 Å². The minimum atomic E-state index is 0.820. The van der Waals surface area contributed by atoms with Crippen LogP contribution in [0.15, 0.2) is 200 Å². The SMILES string of the molecule is c1ccc(-c2c3ccc(N4c5ccccc5Oc5ccccc54)cc3c(-c3ccc4ccccc4c3)c3ccc(N4c5ccccc5Oc5ccccc54)cc23)nc1. The molecule has 9 aromatic carbocycles. The Labute approximate surface area is 335 Å². The average Bonchev–Trinajstić information content (AvgIpc) is 3.29. The van der Waals surface area contributed by atoms with E-state index in [0.29, 0.717) is 0 Å². The maximum Gasteiger partial charge on any atom is 0.151 e. The van der Waals surface area contributed by atoms with E-state index in [0.717, 1.165) is 95.5 Å². The molecule has 0 bridgehead atoms. The second-order valence-electron chi connectivity index (χ2n) is 14.7. The van der Waals surface area contributed by atoms with E-state index in [1.807, 2.05) is 60.8 Å². The van der Waals surface area contributed by atoms with Crippen LogP contribution in [-0.4, -0.2) is 4.98 Å². The molecule has 0 saturated carbocycles. The van der Waals surface area contributed by atoms with Gasteiger partial charge >= 0.3 is 0 Å². The molecular formula is C53H33N3O2. The van der Waals surface area contributed by atoms with Crippen LogP contribution in [0.4, 0.5) is 34.1 Å². The molecule has 58 heavy (non-hydrogen) atoms. The van der Waals surface area contributed by atoms with Crippen LogP contribution in [0.25, 0.3) is 54.7 Å². The van der Waals surface area contributed by atoms with E-state index in [1.165, 1.54) is 16.3 Å². The molecule has 0 N–H and O–H groups in total. The third-order valence-corrected chi connectivity index (χ3v) is 11.4. The minimum Gasteiger partial charge on any atom is -0.453 e. The Morgan fingerprint density at radius 1 is 0.345 bits per heavy atom. The lowest BCUT2D eigenvalue weighted by Gasteiger charge is -2.33. The van der Waals surface area contributed by atoms with Crippen molar-refractivity contribution in [1.29, 1.82) is 0 Å². The Morgan fingerprint density at radius 2 is 0.810 bits per heavy atom. The van der Waals surface area contributed by atoms with Gasteiger partial charge in [0, 0.05) is 23.1 Å². The zero-order valence-corrected chi connectivity index (χ0v) is 31.2. The van der Waals surface area contributed by atoms with E-state index < -0.39 is 0 Å². The van der Waals surface area contributed by atoms with E-state index >= 15 is 0 Å². The van der Waals surface area contributed by atoms with Crippen LogP contribution in [0.2, 0.25) is 0 Å². The summed E-state index contributed by atoms with van der Waals surface area (Å²) < 4.78 is 12.8. The van der Waals surface area contributed by atoms with Crippen LogP contribution in [0.3, 0.4) is 0 Å². The summed E-state index contributed by atoms with van der Waals surface area (Å²) in [5, 5.41) is 6.91. The third kappa shape index (κ3) is 5.00. The standard InChI is InChI=1S/C53H33N3O2/c1-2-14-35-31-36(25-24-34(35)13-1)52-39-28-26-38(56-46-18-5-9-22-50(46)58-51-23-10-6-19-47(51)56)33-42(39)53(43-15-11-12-30-54-43)40-29-27-37(32-41(40)52)55-44-16-3-7-20-48(44)57-49-21-8-4-17-45(49)55/h1-33H. The maximum absolute atomic E-state index is 6.43. The second-order valence-corrected chi connectivity index (χ2v) is 14.7. The monoisotopic (exact) mass is 743 g/mol. The first-order valence-electron chi connectivity index (χ1n) is 19.5. The number of fused-ring (bicyclic) bond motifs is 7. The summed E-state index contributed by atoms with van der Waals surface area (Å²) in [5.41, 5.74) is 10.4. The van der Waals surface area contributed by atoms with Gasteiger partial charge in [0.15, 0.2) is 23.0 Å². The van der Waals surface area contributed by atoms with Crippen molar-refractivity contribution in [3.8, 4) is 45.4 Å². The maximum atomic E-state index is 6.43. The zero-order chi connectivity index (χ0) is 38.2. The Bertz CT molecular complexity index is 3180. The molecule has 0 spiro atoms. The van der Waals surface area contributed by atoms with Gasteiger partial charge < -0.3 is 19.3 Å². The normalized spacial score (nSPS) is 12.7. The Hall–Kier alpha value is -7.89. The number of benzene rings is 9. The molecule has 1 aromatic heterocycles. The van der Waals surface area contributed by atoms with Crippen LogP contribution in [0.5, 0.6) is 23.0 Å². The molecule has 0 atom stereocenters. The number of para-hydroxylation sites is 8. The van der Waals surface area contributed by atoms with Crippen molar-refractivity contribution < 1.29 is 9.47 Å². The van der Waals surface area contributed by atoms with Gasteiger partial charge in [-0.05, 0) is 134 Å². The highest BCUT2D eigenvalue weighted by Gasteiger charge is 2.29. The number of anilines is 6. The zero-order valence-electron chi connectivity index (χ0n) is 31.2. The first-order chi connectivity index (χ1) is 28.8. The summed E-state index contributed by atoms with van der Waals surface area (Å²) in [6.07, 6.45) is 1.89. The number of nitrogens with zero attached hydrogens (tertiary/aromatic N) is 3. The quantitative estimate of drug-likeness (QED) is 0.168. The molecule has 2 aliphatic rings. The van der Waals surface area contributed by atoms with Crippen LogP contribution in [0.1, 0.15) is 0 Å². The van der Waals surface area contributed by atoms with Crippen molar-refractivity contribution >= 4 is 66.4 Å². The number of rotatable bonds is 4. The number of hydrogen-bond donors (Lipinski definition) is 0. The highest BCUT2D eigenvalue weighted by molar-refractivity contribution is 6.23. The van der Waals surface area contributed by atoms with Gasteiger partial charge in [0.05, 0.1) is 28.4 Å². The molecule has 272 valence electrons. The average molecular weight is 744 g/mol. The van der Waals surface area contributed by atoms with Crippen LogP contribution >= 0.6 is 0 Å². The fourth-order valence-electron chi connectivity index (χ4n) is 8.89. The van der Waals surface area contributed by atoms with Crippen LogP contribution in [0, 0.1) is 0 Å². The molecule has 2 aliphatic heterocycles. The molecule has 12 rings (SSSR count). The Balaban J connectivity index is 1.18. The molecule has 0 radical (unpaired) electrons. The van der Waals surface area contributed by atoms with E-state index in [-0.39, 0.29) is 0 Å². The smallest absolute Gasteiger partial charge is 0.151 e. The van der Waals surface area contributed by atoms with Gasteiger partial charge in [-0.3, -0.25) is 4.98 Å². The van der Waals surface area contributed by atoms with E-state index in [2.05, 4.69) is 149 Å². The minimum absolute atomic E-state index is 0.820. The van der Waals surface area contributed by atoms with Crippen LogP contribution in [-0.2, 0) is 0 Å². The molecule has 10 aromatic rings. The fourth-order valence-corrected chi connectivity index (χ4v) is 8.89. The fraction of sp³-hybridized carbons (Fsp3) is 0. The largest absolute Gasteiger partial charge is 0.453 e. The molecule has 5 heteroatoms. The van der Waals surface area contributed by atoms with Crippen molar-refractivity contribution in [2.24, 2.45) is 0 Å². The van der Waals surface area contributed by atoms with Gasteiger partial charge in [-0.2, -0.15) is 0 Å². The number of ether oxygens (including phenoxy) is 2. The van der Waals surface area contributed by atoms with Gasteiger partial charge in [0.1, 0.15) is 0 Å². The van der Waals surface area contributed by atoms with Crippen molar-refractivity contribution in [1.82, 2.24) is 4.98 Å². The molecule has 0 saturated heterocycles. The number of aromatic nitrogens is 1. The first-order valence-corrected chi connectivity index (χ1v) is 19.5. The predicted molar refractivity (Wildman–Crippen MR) is 237 cm³/mol. The van der Waals surface area contributed by atoms with E-state index in [1.54, 1.807) is 0 Å². The molecule has 0 aliphatic carbocycles. The summed E-state index contributed by atoms with van der Waals surface area (Å²) in [5.74, 6) is 3.28. The Morgan fingerprint density at radius 3 is 1.34 bits per heavy atom. The van der Waals surface area contributed by atoms with Crippen molar-refractivity contribution in [3.05, 3.63) is 200 Å². The topological polar surface area (TPSA) is 37.8 Å². The number of hydrogen-bond acceptors (Lipinski definition) is 5. The van der Waals surface area contributed by atoms with E-state index in [9.17, 15) is 0 Å². The third-order valence-electron chi connectivity index (χ3n) is 11.4. The highest BCUT2D eigenvalue weighted by atomic mass is 16.5. The molecule has 0 unspecified atom stereocenters. The summed E-state index contributed by atoms with van der Waals surface area (Å²) in [6, 6.07) is 68.4. The van der Waals surface area contributed by atoms with Crippen molar-refractivity contribution in [3.63, 3.8) is 0 Å². The summed E-state index contributed by atoms with van der Waals surface area (Å²) in [6.45, 7) is 0. The van der Waals surface area contributed by atoms with Crippen LogP contribution < -0.4 is 19.3 Å². The molecule has 5 nitrogen and oxygen atoms in total. The number of pyridine rings is 1. The van der Waals surface area contributed by atoms with E-state index in [4.69, 9.17) is 14.5 Å². The highest BCUT2D eigenvalue weighted by Crippen LogP contribution is 2.54. The Kier molecular flexibility index (Phi) is 7.16. The summed E-state index contributed by atoms with van der Waals surface area (Å²) in [7, 11) is 0. The van der Waals surface area contributed by atoms with Crippen molar-refractivity contribution in [2.45, 2.75) is 0 Å². The molecule has 3 heterocycles. The van der Waals surface area contributed by atoms with Gasteiger partial charge in [-0.25, -0.2) is 0 Å². The van der Waals surface area contributed by atoms with Gasteiger partial charge in [0.2, 0.25) is 0 Å². The lowest BCUT2D eigenvalue weighted by Crippen LogP contribution is -2.16. The van der Waals surface area contributed by atoms with Gasteiger partial charge in [-0.15, -0.1) is 0 Å². The molecule has 0 amide bonds. The summed E-state index contributed by atoms with van der Waals surface area (Å²) in [4.78, 5) is 9.65. The molecular weight excluding hydrogens is 711 g/mol.